The normalized spacial score (nSPS) is 12.1. The van der Waals surface area contributed by atoms with Crippen molar-refractivity contribution < 1.29 is 19.1 Å². The van der Waals surface area contributed by atoms with Crippen LogP contribution in [-0.2, 0) is 27.4 Å². The molecule has 3 N–H and O–H groups in total. The minimum Gasteiger partial charge on any atom is -0.378 e. The number of nitrogens with one attached hydrogen (secondary N) is 3. The molecule has 0 bridgehead atoms. The van der Waals surface area contributed by atoms with Gasteiger partial charge in [-0.15, -0.1) is 5.10 Å². The van der Waals surface area contributed by atoms with E-state index in [0.717, 1.165) is 45.9 Å². The van der Waals surface area contributed by atoms with Crippen LogP contribution in [0.4, 0.5) is 5.69 Å². The zero-order valence-corrected chi connectivity index (χ0v) is 25.9. The molecule has 0 fully saturated rings. The van der Waals surface area contributed by atoms with Gasteiger partial charge in [-0.25, -0.2) is 4.68 Å². The number of ether oxygens (including phenoxy) is 2. The molecule has 1 aliphatic heterocycles. The Bertz CT molecular complexity index is 1570. The highest BCUT2D eigenvalue weighted by molar-refractivity contribution is 6.00. The van der Waals surface area contributed by atoms with Crippen LogP contribution in [0.2, 0.25) is 0 Å². The molecule has 4 aromatic rings. The molecule has 1 aromatic heterocycles. The van der Waals surface area contributed by atoms with Crippen LogP contribution in [0, 0.1) is 0 Å². The lowest BCUT2D eigenvalue weighted by atomic mass is 9.95. The minimum atomic E-state index is -0.158. The van der Waals surface area contributed by atoms with Gasteiger partial charge in [0, 0.05) is 42.7 Å². The molecular weight excluding hydrogens is 570 g/mol. The molecule has 0 saturated heterocycles. The predicted octanol–water partition coefficient (Wildman–Crippen LogP) is 3.10. The van der Waals surface area contributed by atoms with Gasteiger partial charge in [0.05, 0.1) is 50.9 Å². The van der Waals surface area contributed by atoms with Crippen LogP contribution in [0.15, 0.2) is 72.8 Å². The molecule has 11 nitrogen and oxygen atoms in total. The second-order valence-corrected chi connectivity index (χ2v) is 10.7. The molecular formula is C34H41N7O4. The van der Waals surface area contributed by atoms with E-state index in [1.807, 2.05) is 96.5 Å². The molecule has 45 heavy (non-hydrogen) atoms. The number of anilines is 1. The van der Waals surface area contributed by atoms with E-state index in [4.69, 9.17) is 9.47 Å². The number of fused-ring (bicyclic) bond motifs is 5. The zero-order chi connectivity index (χ0) is 31.4. The van der Waals surface area contributed by atoms with Crippen molar-refractivity contribution in [3.8, 4) is 22.5 Å². The topological polar surface area (TPSA) is 123 Å². The number of amides is 2. The fourth-order valence-electron chi connectivity index (χ4n) is 5.28. The first-order valence-corrected chi connectivity index (χ1v) is 15.3. The Morgan fingerprint density at radius 2 is 1.49 bits per heavy atom. The summed E-state index contributed by atoms with van der Waals surface area (Å²) in [5.41, 5.74) is 6.85. The third kappa shape index (κ3) is 8.00. The smallest absolute Gasteiger partial charge is 0.251 e. The van der Waals surface area contributed by atoms with E-state index in [1.165, 1.54) is 0 Å². The Balaban J connectivity index is 1.31. The maximum Gasteiger partial charge on any atom is 0.251 e. The first-order chi connectivity index (χ1) is 22.1. The molecule has 0 atom stereocenters. The monoisotopic (exact) mass is 611 g/mol. The number of hydrogen-bond acceptors (Lipinski definition) is 8. The van der Waals surface area contributed by atoms with Crippen LogP contribution in [0.25, 0.3) is 22.5 Å². The van der Waals surface area contributed by atoms with Crippen molar-refractivity contribution >= 4 is 17.5 Å². The number of hydrogen-bond donors (Lipinski definition) is 3. The Morgan fingerprint density at radius 3 is 2.24 bits per heavy atom. The van der Waals surface area contributed by atoms with Crippen LogP contribution in [0.1, 0.15) is 27.9 Å². The number of rotatable bonds is 15. The van der Waals surface area contributed by atoms with E-state index >= 15 is 0 Å². The number of carbonyl (C=O) groups is 2. The van der Waals surface area contributed by atoms with Gasteiger partial charge in [0.25, 0.3) is 5.91 Å². The molecule has 0 aliphatic carbocycles. The number of carbonyl (C=O) groups excluding carboxylic acids is 2. The van der Waals surface area contributed by atoms with E-state index in [0.29, 0.717) is 64.6 Å². The Morgan fingerprint density at radius 1 is 0.800 bits per heavy atom. The molecule has 2 amide bonds. The summed E-state index contributed by atoms with van der Waals surface area (Å²) in [6, 6.07) is 23.5. The summed E-state index contributed by atoms with van der Waals surface area (Å²) in [6.07, 6.45) is 0.385. The molecule has 0 unspecified atom stereocenters. The highest BCUT2D eigenvalue weighted by Crippen LogP contribution is 2.41. The second-order valence-electron chi connectivity index (χ2n) is 10.7. The van der Waals surface area contributed by atoms with Crippen LogP contribution in [0.5, 0.6) is 0 Å². The van der Waals surface area contributed by atoms with E-state index in [2.05, 4.69) is 26.3 Å². The molecule has 3 aromatic carbocycles. The minimum absolute atomic E-state index is 0.0451. The number of aromatic nitrogens is 3. The van der Waals surface area contributed by atoms with E-state index in [9.17, 15) is 9.59 Å². The van der Waals surface area contributed by atoms with Gasteiger partial charge >= 0.3 is 0 Å². The zero-order valence-electron chi connectivity index (χ0n) is 25.9. The first kappa shape index (κ1) is 32.0. The van der Waals surface area contributed by atoms with Gasteiger partial charge in [-0.2, -0.15) is 0 Å². The van der Waals surface area contributed by atoms with Gasteiger partial charge in [-0.1, -0.05) is 59.8 Å². The SMILES string of the molecule is CNCCOCCOCCNC(=O)c1ccc(Cn2nnc3c2-c2ccccc2N(C(=O)CCNC)Cc2ccccc2-3)cc1. The summed E-state index contributed by atoms with van der Waals surface area (Å²) >= 11 is 0. The van der Waals surface area contributed by atoms with Crippen molar-refractivity contribution in [1.29, 1.82) is 0 Å². The lowest BCUT2D eigenvalue weighted by Gasteiger charge is -2.29. The van der Waals surface area contributed by atoms with Crippen LogP contribution < -0.4 is 20.9 Å². The standard InChI is InChI=1S/C34H41N7O4/c1-35-16-15-31(42)40-24-27-7-3-4-8-28(27)32-33(29-9-5-6-10-30(29)40)41(39-38-32)23-25-11-13-26(14-12-25)34(43)37-18-20-45-22-21-44-19-17-36-2/h3-14,35-36H,15-24H2,1-2H3,(H,37,43). The number of benzene rings is 3. The lowest BCUT2D eigenvalue weighted by molar-refractivity contribution is -0.118. The van der Waals surface area contributed by atoms with Crippen molar-refractivity contribution in [2.24, 2.45) is 0 Å². The molecule has 2 heterocycles. The third-order valence-electron chi connectivity index (χ3n) is 7.62. The molecule has 11 heteroatoms. The highest BCUT2D eigenvalue weighted by atomic mass is 16.5. The fraction of sp³-hybridized carbons (Fsp3) is 0.353. The van der Waals surface area contributed by atoms with E-state index < -0.39 is 0 Å². The van der Waals surface area contributed by atoms with Crippen molar-refractivity contribution in [2.45, 2.75) is 19.5 Å². The summed E-state index contributed by atoms with van der Waals surface area (Å²) in [4.78, 5) is 28.0. The summed E-state index contributed by atoms with van der Waals surface area (Å²) < 4.78 is 12.8. The van der Waals surface area contributed by atoms with Crippen LogP contribution in [0.3, 0.4) is 0 Å². The van der Waals surface area contributed by atoms with E-state index in [1.54, 1.807) is 0 Å². The fourth-order valence-corrected chi connectivity index (χ4v) is 5.28. The maximum absolute atomic E-state index is 13.5. The quantitative estimate of drug-likeness (QED) is 0.175. The van der Waals surface area contributed by atoms with Crippen molar-refractivity contribution in [3.05, 3.63) is 89.5 Å². The van der Waals surface area contributed by atoms with Crippen molar-refractivity contribution in [1.82, 2.24) is 30.9 Å². The molecule has 5 rings (SSSR count). The molecule has 0 radical (unpaired) electrons. The van der Waals surface area contributed by atoms with Gasteiger partial charge in [0.2, 0.25) is 5.91 Å². The van der Waals surface area contributed by atoms with Crippen molar-refractivity contribution in [2.75, 3.05) is 65.1 Å². The third-order valence-corrected chi connectivity index (χ3v) is 7.62. The number of nitrogens with zero attached hydrogens (tertiary/aromatic N) is 4. The Kier molecular flexibility index (Phi) is 11.4. The predicted molar refractivity (Wildman–Crippen MR) is 174 cm³/mol. The summed E-state index contributed by atoms with van der Waals surface area (Å²) in [6.45, 7) is 4.77. The van der Waals surface area contributed by atoms with Gasteiger partial charge in [-0.3, -0.25) is 9.59 Å². The second kappa shape index (κ2) is 16.1. The molecule has 236 valence electrons. The van der Waals surface area contributed by atoms with Gasteiger partial charge in [0.1, 0.15) is 5.69 Å². The summed E-state index contributed by atoms with van der Waals surface area (Å²) in [5.74, 6) is -0.112. The average Bonchev–Trinajstić information content (AvgIpc) is 3.47. The van der Waals surface area contributed by atoms with Crippen LogP contribution in [-0.4, -0.2) is 87.0 Å². The van der Waals surface area contributed by atoms with E-state index in [-0.39, 0.29) is 11.8 Å². The van der Waals surface area contributed by atoms with Crippen LogP contribution >= 0.6 is 0 Å². The van der Waals surface area contributed by atoms with Gasteiger partial charge < -0.3 is 30.3 Å². The maximum atomic E-state index is 13.5. The Hall–Kier alpha value is -4.42. The molecule has 0 spiro atoms. The number of likely N-dealkylation sites (N-methyl/N-ethyl adjacent to an activating group) is 1. The van der Waals surface area contributed by atoms with Gasteiger partial charge in [-0.05, 0) is 43.4 Å². The summed E-state index contributed by atoms with van der Waals surface area (Å²) in [5, 5.41) is 18.2. The Labute approximate surface area is 263 Å². The largest absolute Gasteiger partial charge is 0.378 e. The number of para-hydroxylation sites is 1. The summed E-state index contributed by atoms with van der Waals surface area (Å²) in [7, 11) is 3.73. The van der Waals surface area contributed by atoms with Crippen molar-refractivity contribution in [3.63, 3.8) is 0 Å². The first-order valence-electron chi connectivity index (χ1n) is 15.3. The molecule has 1 aliphatic rings. The lowest BCUT2D eigenvalue weighted by Crippen LogP contribution is -2.33. The van der Waals surface area contributed by atoms with Gasteiger partial charge in [0.15, 0.2) is 0 Å². The molecule has 0 saturated carbocycles. The average molecular weight is 612 g/mol. The highest BCUT2D eigenvalue weighted by Gasteiger charge is 2.29.